The first kappa shape index (κ1) is 20.4. The number of benzene rings is 2. The molecule has 1 atom stereocenters. The molecule has 0 spiro atoms. The van der Waals surface area contributed by atoms with Gasteiger partial charge in [0.05, 0.1) is 0 Å². The third-order valence-electron chi connectivity index (χ3n) is 5.39. The zero-order valence-electron chi connectivity index (χ0n) is 17.0. The maximum absolute atomic E-state index is 12.4. The number of fused-ring (bicyclic) bond motifs is 1. The molecule has 0 unspecified atom stereocenters. The van der Waals surface area contributed by atoms with Crippen LogP contribution in [0.15, 0.2) is 60.7 Å². The third kappa shape index (κ3) is 4.97. The Kier molecular flexibility index (Phi) is 6.29. The van der Waals surface area contributed by atoms with E-state index in [-0.39, 0.29) is 12.5 Å². The summed E-state index contributed by atoms with van der Waals surface area (Å²) < 4.78 is 5.28. The van der Waals surface area contributed by atoms with E-state index >= 15 is 0 Å². The number of nitrogens with one attached hydrogen (secondary N) is 1. The van der Waals surface area contributed by atoms with Crippen molar-refractivity contribution in [2.75, 3.05) is 11.9 Å². The molecule has 1 N–H and O–H groups in total. The Morgan fingerprint density at radius 3 is 2.70 bits per heavy atom. The van der Waals surface area contributed by atoms with Crippen molar-refractivity contribution < 1.29 is 14.3 Å². The highest BCUT2D eigenvalue weighted by molar-refractivity contribution is 7.14. The minimum Gasteiger partial charge on any atom is -0.451 e. The van der Waals surface area contributed by atoms with E-state index in [0.717, 1.165) is 36.9 Å². The molecular formula is C25H25NO3S. The smallest absolute Gasteiger partial charge is 0.348 e. The largest absolute Gasteiger partial charge is 0.451 e. The van der Waals surface area contributed by atoms with Crippen LogP contribution in [-0.4, -0.2) is 18.5 Å². The van der Waals surface area contributed by atoms with E-state index in [0.29, 0.717) is 10.8 Å². The van der Waals surface area contributed by atoms with Crippen molar-refractivity contribution in [1.82, 2.24) is 0 Å². The van der Waals surface area contributed by atoms with E-state index in [1.807, 2.05) is 48.5 Å². The van der Waals surface area contributed by atoms with Crippen molar-refractivity contribution in [3.63, 3.8) is 0 Å². The molecule has 0 saturated carbocycles. The summed E-state index contributed by atoms with van der Waals surface area (Å²) in [5.41, 5.74) is 4.18. The molecule has 154 valence electrons. The summed E-state index contributed by atoms with van der Waals surface area (Å²) in [4.78, 5) is 26.7. The molecule has 0 aliphatic heterocycles. The second kappa shape index (κ2) is 9.26. The van der Waals surface area contributed by atoms with E-state index in [1.165, 1.54) is 27.3 Å². The predicted molar refractivity (Wildman–Crippen MR) is 120 cm³/mol. The highest BCUT2D eigenvalue weighted by Crippen LogP contribution is 2.32. The summed E-state index contributed by atoms with van der Waals surface area (Å²) >= 11 is 1.50. The minimum absolute atomic E-state index is 0.294. The summed E-state index contributed by atoms with van der Waals surface area (Å²) in [6, 6.07) is 19.7. The van der Waals surface area contributed by atoms with Gasteiger partial charge in [-0.25, -0.2) is 4.79 Å². The fraction of sp³-hybridized carbons (Fsp3) is 0.280. The van der Waals surface area contributed by atoms with Crippen molar-refractivity contribution in [2.45, 2.75) is 32.6 Å². The number of amides is 1. The number of aryl methyl sites for hydroxylation is 1. The van der Waals surface area contributed by atoms with Gasteiger partial charge in [0.15, 0.2) is 6.61 Å². The van der Waals surface area contributed by atoms with Crippen LogP contribution in [0.5, 0.6) is 0 Å². The monoisotopic (exact) mass is 419 g/mol. The van der Waals surface area contributed by atoms with Crippen molar-refractivity contribution in [3.05, 3.63) is 87.1 Å². The molecule has 1 aromatic heterocycles. The van der Waals surface area contributed by atoms with Gasteiger partial charge in [0.1, 0.15) is 4.88 Å². The van der Waals surface area contributed by atoms with Crippen LogP contribution in [0.1, 0.15) is 44.6 Å². The SMILES string of the molecule is C[C@@H]1CCc2sc(C(=O)OCC(=O)Nc3ccccc3Cc3ccccc3)cc2C1. The van der Waals surface area contributed by atoms with Crippen LogP contribution in [0.3, 0.4) is 0 Å². The van der Waals surface area contributed by atoms with Gasteiger partial charge in [-0.15, -0.1) is 11.3 Å². The molecule has 4 rings (SSSR count). The summed E-state index contributed by atoms with van der Waals surface area (Å²) in [5.74, 6) is -0.105. The Labute approximate surface area is 180 Å². The number of para-hydroxylation sites is 1. The van der Waals surface area contributed by atoms with Gasteiger partial charge in [-0.1, -0.05) is 55.5 Å². The van der Waals surface area contributed by atoms with Crippen molar-refractivity contribution >= 4 is 28.9 Å². The summed E-state index contributed by atoms with van der Waals surface area (Å²) in [5, 5.41) is 2.88. The van der Waals surface area contributed by atoms with Gasteiger partial charge in [0.25, 0.3) is 5.91 Å². The number of esters is 1. The standard InChI is InChI=1S/C25H25NO3S/c1-17-11-12-22-20(13-17)15-23(30-22)25(28)29-16-24(27)26-21-10-6-5-9-19(21)14-18-7-3-2-4-8-18/h2-10,15,17H,11-14,16H2,1H3,(H,26,27)/t17-/m1/s1. The molecule has 1 aliphatic rings. The first-order valence-electron chi connectivity index (χ1n) is 10.3. The van der Waals surface area contributed by atoms with E-state index in [1.54, 1.807) is 0 Å². The number of rotatable bonds is 6. The first-order valence-corrected chi connectivity index (χ1v) is 11.1. The summed E-state index contributed by atoms with van der Waals surface area (Å²) in [7, 11) is 0. The van der Waals surface area contributed by atoms with Gasteiger partial charge in [0, 0.05) is 10.6 Å². The lowest BCUT2D eigenvalue weighted by atomic mass is 9.90. The van der Waals surface area contributed by atoms with Gasteiger partial charge >= 0.3 is 5.97 Å². The van der Waals surface area contributed by atoms with Crippen LogP contribution in [0, 0.1) is 5.92 Å². The maximum atomic E-state index is 12.4. The molecule has 3 aromatic rings. The zero-order chi connectivity index (χ0) is 20.9. The van der Waals surface area contributed by atoms with Crippen molar-refractivity contribution in [3.8, 4) is 0 Å². The molecule has 0 saturated heterocycles. The number of carbonyl (C=O) groups is 2. The molecule has 5 heteroatoms. The Bertz CT molecular complexity index is 1040. The van der Waals surface area contributed by atoms with Gasteiger partial charge < -0.3 is 10.1 Å². The number of thiophene rings is 1. The normalized spacial score (nSPS) is 15.3. The van der Waals surface area contributed by atoms with Gasteiger partial charge in [-0.3, -0.25) is 4.79 Å². The lowest BCUT2D eigenvalue weighted by molar-refractivity contribution is -0.119. The molecule has 30 heavy (non-hydrogen) atoms. The summed E-state index contributed by atoms with van der Waals surface area (Å²) in [6.07, 6.45) is 3.91. The van der Waals surface area contributed by atoms with Gasteiger partial charge in [-0.2, -0.15) is 0 Å². The van der Waals surface area contributed by atoms with Crippen molar-refractivity contribution in [2.24, 2.45) is 5.92 Å². The number of anilines is 1. The molecule has 1 heterocycles. The molecule has 0 bridgehead atoms. The second-order valence-corrected chi connectivity index (χ2v) is 8.99. The average molecular weight is 420 g/mol. The highest BCUT2D eigenvalue weighted by Gasteiger charge is 2.22. The van der Waals surface area contributed by atoms with Gasteiger partial charge in [0.2, 0.25) is 0 Å². The Morgan fingerprint density at radius 1 is 1.10 bits per heavy atom. The maximum Gasteiger partial charge on any atom is 0.348 e. The zero-order valence-corrected chi connectivity index (χ0v) is 17.8. The molecule has 1 aliphatic carbocycles. The van der Waals surface area contributed by atoms with E-state index in [4.69, 9.17) is 4.74 Å². The topological polar surface area (TPSA) is 55.4 Å². The average Bonchev–Trinajstić information content (AvgIpc) is 3.17. The second-order valence-electron chi connectivity index (χ2n) is 7.85. The lowest BCUT2D eigenvalue weighted by Crippen LogP contribution is -2.21. The van der Waals surface area contributed by atoms with Crippen LogP contribution in [-0.2, 0) is 28.8 Å². The van der Waals surface area contributed by atoms with E-state index < -0.39 is 5.97 Å². The van der Waals surface area contributed by atoms with Crippen LogP contribution in [0.4, 0.5) is 5.69 Å². The van der Waals surface area contributed by atoms with Crippen LogP contribution in [0.2, 0.25) is 0 Å². The quantitative estimate of drug-likeness (QED) is 0.555. The molecular weight excluding hydrogens is 394 g/mol. The Hall–Kier alpha value is -2.92. The Morgan fingerprint density at radius 2 is 1.87 bits per heavy atom. The lowest BCUT2D eigenvalue weighted by Gasteiger charge is -2.16. The number of ether oxygens (including phenoxy) is 1. The number of hydrogen-bond donors (Lipinski definition) is 1. The van der Waals surface area contributed by atoms with Crippen LogP contribution >= 0.6 is 11.3 Å². The van der Waals surface area contributed by atoms with E-state index in [9.17, 15) is 9.59 Å². The first-order chi connectivity index (χ1) is 14.6. The van der Waals surface area contributed by atoms with Crippen LogP contribution in [0.25, 0.3) is 0 Å². The minimum atomic E-state index is -0.422. The number of carbonyl (C=O) groups excluding carboxylic acids is 2. The molecule has 0 radical (unpaired) electrons. The predicted octanol–water partition coefficient (Wildman–Crippen LogP) is 5.26. The van der Waals surface area contributed by atoms with Gasteiger partial charge in [-0.05, 0) is 60.4 Å². The molecule has 0 fully saturated rings. The fourth-order valence-electron chi connectivity index (χ4n) is 3.81. The van der Waals surface area contributed by atoms with Crippen LogP contribution < -0.4 is 5.32 Å². The highest BCUT2D eigenvalue weighted by atomic mass is 32.1. The summed E-state index contributed by atoms with van der Waals surface area (Å²) in [6.45, 7) is 1.94. The molecule has 1 amide bonds. The fourth-order valence-corrected chi connectivity index (χ4v) is 4.91. The Balaban J connectivity index is 1.35. The van der Waals surface area contributed by atoms with Crippen molar-refractivity contribution in [1.29, 1.82) is 0 Å². The number of hydrogen-bond acceptors (Lipinski definition) is 4. The molecule has 4 nitrogen and oxygen atoms in total. The third-order valence-corrected chi connectivity index (χ3v) is 6.61. The molecule has 2 aromatic carbocycles. The van der Waals surface area contributed by atoms with E-state index in [2.05, 4.69) is 24.4 Å².